The van der Waals surface area contributed by atoms with Crippen molar-refractivity contribution in [3.63, 3.8) is 0 Å². The normalized spacial score (nSPS) is 14.4. The SMILES string of the molecule is Cn1cc(C(=O)CCC2CCN(Cc3cccc(F)c3)CC2)c2cc(F)ccc21.O=C(O)C(=O)O. The van der Waals surface area contributed by atoms with Crippen molar-refractivity contribution in [2.45, 2.75) is 32.2 Å². The minimum Gasteiger partial charge on any atom is -0.473 e. The van der Waals surface area contributed by atoms with E-state index in [-0.39, 0.29) is 17.4 Å². The maximum absolute atomic E-state index is 13.6. The smallest absolute Gasteiger partial charge is 0.414 e. The molecule has 4 rings (SSSR count). The average molecular weight is 487 g/mol. The van der Waals surface area contributed by atoms with Crippen LogP contribution >= 0.6 is 0 Å². The van der Waals surface area contributed by atoms with Gasteiger partial charge in [0.25, 0.3) is 0 Å². The number of likely N-dealkylation sites (tertiary alicyclic amines) is 1. The number of nitrogens with zero attached hydrogens (tertiary/aromatic N) is 2. The van der Waals surface area contributed by atoms with Crippen LogP contribution in [0, 0.1) is 17.6 Å². The molecule has 186 valence electrons. The Bertz CT molecular complexity index is 1200. The summed E-state index contributed by atoms with van der Waals surface area (Å²) >= 11 is 0. The summed E-state index contributed by atoms with van der Waals surface area (Å²) in [7, 11) is 1.88. The molecule has 0 amide bonds. The van der Waals surface area contributed by atoms with Crippen LogP contribution in [0.15, 0.2) is 48.7 Å². The molecule has 1 fully saturated rings. The zero-order chi connectivity index (χ0) is 25.5. The minimum atomic E-state index is -1.82. The third kappa shape index (κ3) is 7.19. The Morgan fingerprint density at radius 3 is 2.26 bits per heavy atom. The molecule has 0 bridgehead atoms. The number of halogens is 2. The fourth-order valence-corrected chi connectivity index (χ4v) is 4.38. The molecule has 1 aliphatic rings. The maximum atomic E-state index is 13.6. The number of rotatable bonds is 6. The van der Waals surface area contributed by atoms with Gasteiger partial charge in [0.2, 0.25) is 0 Å². The molecule has 2 heterocycles. The highest BCUT2D eigenvalue weighted by molar-refractivity contribution is 6.27. The summed E-state index contributed by atoms with van der Waals surface area (Å²) in [4.78, 5) is 33.3. The fraction of sp³-hybridized carbons (Fsp3) is 0.346. The molecule has 0 spiro atoms. The number of fused-ring (bicyclic) bond motifs is 1. The number of benzene rings is 2. The summed E-state index contributed by atoms with van der Waals surface area (Å²) in [5.74, 6) is -3.55. The first-order chi connectivity index (χ1) is 16.6. The highest BCUT2D eigenvalue weighted by Crippen LogP contribution is 2.27. The monoisotopic (exact) mass is 486 g/mol. The molecule has 9 heteroatoms. The van der Waals surface area contributed by atoms with Gasteiger partial charge in [-0.2, -0.15) is 0 Å². The number of carboxylic acids is 2. The predicted molar refractivity (Wildman–Crippen MR) is 126 cm³/mol. The summed E-state index contributed by atoms with van der Waals surface area (Å²) in [6, 6.07) is 11.4. The van der Waals surface area contributed by atoms with Crippen molar-refractivity contribution in [2.75, 3.05) is 13.1 Å². The number of aryl methyl sites for hydroxylation is 1. The van der Waals surface area contributed by atoms with E-state index in [4.69, 9.17) is 19.8 Å². The van der Waals surface area contributed by atoms with Crippen LogP contribution in [0.5, 0.6) is 0 Å². The Hall–Kier alpha value is -3.59. The highest BCUT2D eigenvalue weighted by atomic mass is 19.1. The van der Waals surface area contributed by atoms with E-state index >= 15 is 0 Å². The van der Waals surface area contributed by atoms with E-state index in [0.717, 1.165) is 50.0 Å². The van der Waals surface area contributed by atoms with Gasteiger partial charge in [-0.1, -0.05) is 12.1 Å². The largest absolute Gasteiger partial charge is 0.473 e. The van der Waals surface area contributed by atoms with Crippen molar-refractivity contribution in [3.05, 3.63) is 71.4 Å². The second-order valence-corrected chi connectivity index (χ2v) is 8.74. The number of ketones is 1. The summed E-state index contributed by atoms with van der Waals surface area (Å²) in [5, 5.41) is 15.5. The lowest BCUT2D eigenvalue weighted by Crippen LogP contribution is -2.33. The molecule has 2 N–H and O–H groups in total. The van der Waals surface area contributed by atoms with Gasteiger partial charge in [-0.3, -0.25) is 9.69 Å². The van der Waals surface area contributed by atoms with Crippen molar-refractivity contribution in [1.82, 2.24) is 9.47 Å². The predicted octanol–water partition coefficient (Wildman–Crippen LogP) is 4.49. The third-order valence-electron chi connectivity index (χ3n) is 6.22. The number of carboxylic acid groups (broad SMARTS) is 2. The lowest BCUT2D eigenvalue weighted by Gasteiger charge is -2.32. The number of piperidine rings is 1. The second-order valence-electron chi connectivity index (χ2n) is 8.74. The lowest BCUT2D eigenvalue weighted by atomic mass is 9.90. The first-order valence-electron chi connectivity index (χ1n) is 11.3. The molecule has 35 heavy (non-hydrogen) atoms. The van der Waals surface area contributed by atoms with Gasteiger partial charge < -0.3 is 14.8 Å². The van der Waals surface area contributed by atoms with Crippen LogP contribution in [0.25, 0.3) is 10.9 Å². The summed E-state index contributed by atoms with van der Waals surface area (Å²) in [5.41, 5.74) is 2.49. The van der Waals surface area contributed by atoms with Crippen LogP contribution in [-0.4, -0.2) is 50.5 Å². The van der Waals surface area contributed by atoms with Crippen LogP contribution < -0.4 is 0 Å². The number of Topliss-reactive ketones (excluding diaryl/α,β-unsaturated/α-hetero) is 1. The van der Waals surface area contributed by atoms with Crippen molar-refractivity contribution < 1.29 is 33.4 Å². The van der Waals surface area contributed by atoms with E-state index < -0.39 is 11.9 Å². The lowest BCUT2D eigenvalue weighted by molar-refractivity contribution is -0.159. The van der Waals surface area contributed by atoms with Gasteiger partial charge in [-0.15, -0.1) is 0 Å². The van der Waals surface area contributed by atoms with E-state index in [9.17, 15) is 13.6 Å². The van der Waals surface area contributed by atoms with Gasteiger partial charge in [-0.05, 0) is 74.2 Å². The van der Waals surface area contributed by atoms with E-state index in [1.807, 2.05) is 23.9 Å². The van der Waals surface area contributed by atoms with Gasteiger partial charge in [0.1, 0.15) is 11.6 Å². The Balaban J connectivity index is 0.000000509. The van der Waals surface area contributed by atoms with E-state index in [1.165, 1.54) is 18.2 Å². The number of carbonyl (C=O) groups is 3. The van der Waals surface area contributed by atoms with Gasteiger partial charge in [0, 0.05) is 42.7 Å². The molecule has 1 aromatic heterocycles. The maximum Gasteiger partial charge on any atom is 0.414 e. The average Bonchev–Trinajstić information content (AvgIpc) is 3.14. The van der Waals surface area contributed by atoms with Gasteiger partial charge in [0.15, 0.2) is 5.78 Å². The molecule has 1 aliphatic heterocycles. The highest BCUT2D eigenvalue weighted by Gasteiger charge is 2.21. The van der Waals surface area contributed by atoms with E-state index in [2.05, 4.69) is 4.90 Å². The molecule has 0 saturated carbocycles. The summed E-state index contributed by atoms with van der Waals surface area (Å²) in [6.45, 7) is 2.70. The van der Waals surface area contributed by atoms with Crippen LogP contribution in [0.1, 0.15) is 41.6 Å². The van der Waals surface area contributed by atoms with Crippen molar-refractivity contribution in [3.8, 4) is 0 Å². The quantitative estimate of drug-likeness (QED) is 0.394. The fourth-order valence-electron chi connectivity index (χ4n) is 4.38. The first kappa shape index (κ1) is 26.0. The number of hydrogen-bond acceptors (Lipinski definition) is 4. The van der Waals surface area contributed by atoms with Crippen LogP contribution in [0.3, 0.4) is 0 Å². The van der Waals surface area contributed by atoms with Crippen molar-refractivity contribution in [2.24, 2.45) is 13.0 Å². The summed E-state index contributed by atoms with van der Waals surface area (Å²) in [6.07, 6.45) is 5.26. The van der Waals surface area contributed by atoms with Gasteiger partial charge >= 0.3 is 11.9 Å². The van der Waals surface area contributed by atoms with Gasteiger partial charge in [-0.25, -0.2) is 18.4 Å². The molecular weight excluding hydrogens is 458 g/mol. The molecule has 3 aromatic rings. The number of carbonyl (C=O) groups excluding carboxylic acids is 1. The van der Waals surface area contributed by atoms with Crippen LogP contribution in [-0.2, 0) is 23.2 Å². The molecule has 0 radical (unpaired) electrons. The van der Waals surface area contributed by atoms with E-state index in [1.54, 1.807) is 18.2 Å². The molecule has 2 aromatic carbocycles. The molecular formula is C26H28F2N2O5. The third-order valence-corrected chi connectivity index (χ3v) is 6.22. The van der Waals surface area contributed by atoms with Gasteiger partial charge in [0.05, 0.1) is 0 Å². The zero-order valence-corrected chi connectivity index (χ0v) is 19.4. The molecule has 0 unspecified atom stereocenters. The minimum absolute atomic E-state index is 0.0865. The Morgan fingerprint density at radius 2 is 1.63 bits per heavy atom. The van der Waals surface area contributed by atoms with E-state index in [0.29, 0.717) is 23.3 Å². The Kier molecular flexibility index (Phi) is 8.70. The first-order valence-corrected chi connectivity index (χ1v) is 11.3. The van der Waals surface area contributed by atoms with Crippen molar-refractivity contribution >= 4 is 28.6 Å². The Morgan fingerprint density at radius 1 is 0.971 bits per heavy atom. The topological polar surface area (TPSA) is 99.8 Å². The zero-order valence-electron chi connectivity index (χ0n) is 19.4. The van der Waals surface area contributed by atoms with Crippen LogP contribution in [0.2, 0.25) is 0 Å². The number of aromatic nitrogens is 1. The van der Waals surface area contributed by atoms with Crippen LogP contribution in [0.4, 0.5) is 8.78 Å². The molecule has 1 saturated heterocycles. The van der Waals surface area contributed by atoms with Crippen molar-refractivity contribution in [1.29, 1.82) is 0 Å². The summed E-state index contributed by atoms with van der Waals surface area (Å²) < 4.78 is 28.9. The Labute approximate surface area is 201 Å². The molecule has 0 atom stereocenters. The second kappa shape index (κ2) is 11.7. The molecule has 0 aliphatic carbocycles. The molecule has 7 nitrogen and oxygen atoms in total. The number of hydrogen-bond donors (Lipinski definition) is 2. The number of aliphatic carboxylic acids is 2. The standard InChI is InChI=1S/C24H26F2N2O.C2H2O4/c1-27-16-22(21-14-20(26)6-7-23(21)27)24(29)8-5-17-9-11-28(12-10-17)15-18-3-2-4-19(25)13-18;3-1(4)2(5)6/h2-4,6-7,13-14,16-17H,5,8-12,15H2,1H3;(H,3,4)(H,5,6).